The highest BCUT2D eigenvalue weighted by Gasteiger charge is 2.33. The molecule has 0 spiro atoms. The molecule has 2 N–H and O–H groups in total. The summed E-state index contributed by atoms with van der Waals surface area (Å²) in [4.78, 5) is 15.2. The van der Waals surface area contributed by atoms with Gasteiger partial charge in [-0.05, 0) is 29.2 Å². The van der Waals surface area contributed by atoms with Crippen molar-refractivity contribution in [2.45, 2.75) is 18.6 Å². The maximum atomic E-state index is 13.3. The van der Waals surface area contributed by atoms with Crippen LogP contribution in [0.5, 0.6) is 5.75 Å². The lowest BCUT2D eigenvalue weighted by Gasteiger charge is -2.38. The van der Waals surface area contributed by atoms with Crippen LogP contribution in [0.25, 0.3) is 0 Å². The van der Waals surface area contributed by atoms with Crippen LogP contribution < -0.4 is 10.1 Å². The lowest BCUT2D eigenvalue weighted by atomic mass is 9.87. The minimum absolute atomic E-state index is 0.00525. The van der Waals surface area contributed by atoms with Crippen molar-refractivity contribution in [3.63, 3.8) is 0 Å². The number of fused-ring (bicyclic) bond motifs is 1. The van der Waals surface area contributed by atoms with Gasteiger partial charge in [0.2, 0.25) is 5.91 Å². The van der Waals surface area contributed by atoms with Crippen molar-refractivity contribution in [2.24, 2.45) is 0 Å². The summed E-state index contributed by atoms with van der Waals surface area (Å²) in [5, 5.41) is 13.5. The first kappa shape index (κ1) is 21.1. The van der Waals surface area contributed by atoms with Gasteiger partial charge in [0.25, 0.3) is 0 Å². The number of benzene rings is 3. The highest BCUT2D eigenvalue weighted by molar-refractivity contribution is 5.80. The standard InChI is InChI=1S/C26H28N2O3/c1-31-24-14-8-7-13-22(24)26-21-12-6-5-9-19(21)15-16-28(26)25(30)18-27-17-23(29)20-10-3-2-4-11-20/h2-14,23,26-27,29H,15-18H2,1H3/t23-,26-/m0/s1. The summed E-state index contributed by atoms with van der Waals surface area (Å²) in [5.41, 5.74) is 4.21. The molecular formula is C26H28N2O3. The Balaban J connectivity index is 1.52. The van der Waals surface area contributed by atoms with Crippen molar-refractivity contribution in [3.8, 4) is 5.75 Å². The van der Waals surface area contributed by atoms with E-state index in [1.807, 2.05) is 71.6 Å². The normalized spacial score (nSPS) is 16.5. The maximum Gasteiger partial charge on any atom is 0.237 e. The zero-order chi connectivity index (χ0) is 21.6. The van der Waals surface area contributed by atoms with Crippen LogP contribution in [-0.2, 0) is 11.2 Å². The van der Waals surface area contributed by atoms with E-state index in [1.165, 1.54) is 5.56 Å². The number of hydrogen-bond acceptors (Lipinski definition) is 4. The minimum atomic E-state index is -0.652. The van der Waals surface area contributed by atoms with Crippen LogP contribution in [0.3, 0.4) is 0 Å². The summed E-state index contributed by atoms with van der Waals surface area (Å²) < 4.78 is 5.62. The minimum Gasteiger partial charge on any atom is -0.496 e. The summed E-state index contributed by atoms with van der Waals surface area (Å²) in [6.07, 6.45) is 0.168. The Kier molecular flexibility index (Phi) is 6.65. The van der Waals surface area contributed by atoms with Crippen molar-refractivity contribution in [1.82, 2.24) is 10.2 Å². The van der Waals surface area contributed by atoms with Crippen LogP contribution in [-0.4, -0.2) is 42.7 Å². The number of hydrogen-bond donors (Lipinski definition) is 2. The van der Waals surface area contributed by atoms with Gasteiger partial charge >= 0.3 is 0 Å². The van der Waals surface area contributed by atoms with Gasteiger partial charge in [0.15, 0.2) is 0 Å². The Bertz CT molecular complexity index is 1020. The number of nitrogens with one attached hydrogen (secondary N) is 1. The smallest absolute Gasteiger partial charge is 0.237 e. The van der Waals surface area contributed by atoms with Gasteiger partial charge in [-0.25, -0.2) is 0 Å². The summed E-state index contributed by atoms with van der Waals surface area (Å²) in [6.45, 7) is 1.12. The predicted octanol–water partition coefficient (Wildman–Crippen LogP) is 3.49. The number of aliphatic hydroxyl groups excluding tert-OH is 1. The number of para-hydroxylation sites is 1. The van der Waals surface area contributed by atoms with Gasteiger partial charge in [-0.3, -0.25) is 4.79 Å². The van der Waals surface area contributed by atoms with Gasteiger partial charge in [0.05, 0.1) is 25.8 Å². The van der Waals surface area contributed by atoms with Gasteiger partial charge in [0, 0.05) is 18.7 Å². The van der Waals surface area contributed by atoms with E-state index >= 15 is 0 Å². The molecule has 1 heterocycles. The molecule has 0 bridgehead atoms. The number of rotatable bonds is 7. The predicted molar refractivity (Wildman–Crippen MR) is 121 cm³/mol. The first-order valence-corrected chi connectivity index (χ1v) is 10.6. The van der Waals surface area contributed by atoms with Crippen LogP contribution >= 0.6 is 0 Å². The van der Waals surface area contributed by atoms with E-state index in [-0.39, 0.29) is 18.5 Å². The lowest BCUT2D eigenvalue weighted by Crippen LogP contribution is -2.45. The lowest BCUT2D eigenvalue weighted by molar-refractivity contribution is -0.132. The third-order valence-corrected chi connectivity index (χ3v) is 5.84. The Morgan fingerprint density at radius 1 is 1.03 bits per heavy atom. The summed E-state index contributed by atoms with van der Waals surface area (Å²) in [7, 11) is 1.66. The molecular weight excluding hydrogens is 388 g/mol. The van der Waals surface area contributed by atoms with Gasteiger partial charge in [-0.15, -0.1) is 0 Å². The molecule has 3 aromatic carbocycles. The Morgan fingerprint density at radius 3 is 2.48 bits per heavy atom. The molecule has 1 amide bonds. The van der Waals surface area contributed by atoms with E-state index in [2.05, 4.69) is 17.4 Å². The first-order chi connectivity index (χ1) is 15.2. The first-order valence-electron chi connectivity index (χ1n) is 10.6. The monoisotopic (exact) mass is 416 g/mol. The SMILES string of the molecule is COc1ccccc1[C@@H]1c2ccccc2CCN1C(=O)CNC[C@H](O)c1ccccc1. The summed E-state index contributed by atoms with van der Waals surface area (Å²) in [6, 6.07) is 25.4. The fourth-order valence-corrected chi connectivity index (χ4v) is 4.27. The largest absolute Gasteiger partial charge is 0.496 e. The molecule has 5 nitrogen and oxygen atoms in total. The van der Waals surface area contributed by atoms with E-state index < -0.39 is 6.10 Å². The highest BCUT2D eigenvalue weighted by Crippen LogP contribution is 2.39. The van der Waals surface area contributed by atoms with Crippen molar-refractivity contribution < 1.29 is 14.6 Å². The molecule has 5 heteroatoms. The Morgan fingerprint density at radius 2 is 1.71 bits per heavy atom. The average Bonchev–Trinajstić information content (AvgIpc) is 2.83. The van der Waals surface area contributed by atoms with E-state index in [0.717, 1.165) is 28.9 Å². The maximum absolute atomic E-state index is 13.3. The highest BCUT2D eigenvalue weighted by atomic mass is 16.5. The molecule has 1 aliphatic heterocycles. The third-order valence-electron chi connectivity index (χ3n) is 5.84. The second-order valence-corrected chi connectivity index (χ2v) is 7.74. The molecule has 1 aliphatic rings. The molecule has 0 aromatic heterocycles. The molecule has 0 unspecified atom stereocenters. The molecule has 0 aliphatic carbocycles. The van der Waals surface area contributed by atoms with E-state index in [4.69, 9.17) is 4.74 Å². The molecule has 0 radical (unpaired) electrons. The van der Waals surface area contributed by atoms with Crippen LogP contribution in [0, 0.1) is 0 Å². The Hall–Kier alpha value is -3.15. The van der Waals surface area contributed by atoms with Crippen molar-refractivity contribution in [1.29, 1.82) is 0 Å². The molecule has 0 fully saturated rings. The van der Waals surface area contributed by atoms with Crippen LogP contribution in [0.4, 0.5) is 0 Å². The molecule has 0 saturated heterocycles. The van der Waals surface area contributed by atoms with E-state index in [9.17, 15) is 9.90 Å². The number of aliphatic hydroxyl groups is 1. The zero-order valence-corrected chi connectivity index (χ0v) is 17.7. The van der Waals surface area contributed by atoms with Crippen LogP contribution in [0.15, 0.2) is 78.9 Å². The molecule has 2 atom stereocenters. The second-order valence-electron chi connectivity index (χ2n) is 7.74. The van der Waals surface area contributed by atoms with Gasteiger partial charge < -0.3 is 20.1 Å². The number of carbonyl (C=O) groups excluding carboxylic acids is 1. The number of carbonyl (C=O) groups is 1. The topological polar surface area (TPSA) is 61.8 Å². The summed E-state index contributed by atoms with van der Waals surface area (Å²) in [5.74, 6) is 0.778. The Labute approximate surface area is 183 Å². The van der Waals surface area contributed by atoms with Gasteiger partial charge in [-0.1, -0.05) is 72.8 Å². The molecule has 3 aromatic rings. The fourth-order valence-electron chi connectivity index (χ4n) is 4.27. The second kappa shape index (κ2) is 9.77. The fraction of sp³-hybridized carbons (Fsp3) is 0.269. The van der Waals surface area contributed by atoms with Gasteiger partial charge in [0.1, 0.15) is 5.75 Å². The van der Waals surface area contributed by atoms with E-state index in [1.54, 1.807) is 7.11 Å². The molecule has 4 rings (SSSR count). The van der Waals surface area contributed by atoms with Crippen LogP contribution in [0.2, 0.25) is 0 Å². The zero-order valence-electron chi connectivity index (χ0n) is 17.7. The number of ether oxygens (including phenoxy) is 1. The summed E-state index contributed by atoms with van der Waals surface area (Å²) >= 11 is 0. The number of nitrogens with zero attached hydrogens (tertiary/aromatic N) is 1. The van der Waals surface area contributed by atoms with Crippen molar-refractivity contribution in [2.75, 3.05) is 26.7 Å². The van der Waals surface area contributed by atoms with Gasteiger partial charge in [-0.2, -0.15) is 0 Å². The molecule has 0 saturated carbocycles. The number of methoxy groups -OCH3 is 1. The number of amides is 1. The quantitative estimate of drug-likeness (QED) is 0.619. The molecule has 160 valence electrons. The molecule has 31 heavy (non-hydrogen) atoms. The van der Waals surface area contributed by atoms with Crippen molar-refractivity contribution >= 4 is 5.91 Å². The average molecular weight is 417 g/mol. The van der Waals surface area contributed by atoms with Crippen molar-refractivity contribution in [3.05, 3.63) is 101 Å². The third kappa shape index (κ3) is 4.63. The van der Waals surface area contributed by atoms with Crippen LogP contribution in [0.1, 0.15) is 34.4 Å². The van der Waals surface area contributed by atoms with E-state index in [0.29, 0.717) is 13.1 Å².